The molecule has 1 unspecified atom stereocenters. The molecule has 2 aromatic rings. The van der Waals surface area contributed by atoms with Crippen molar-refractivity contribution in [3.05, 3.63) is 56.3 Å². The van der Waals surface area contributed by atoms with Gasteiger partial charge in [-0.05, 0) is 55.0 Å². The van der Waals surface area contributed by atoms with Gasteiger partial charge in [-0.1, -0.05) is 6.07 Å². The van der Waals surface area contributed by atoms with Crippen LogP contribution in [0.3, 0.4) is 0 Å². The highest BCUT2D eigenvalue weighted by molar-refractivity contribution is 7.10. The summed E-state index contributed by atoms with van der Waals surface area (Å²) >= 11 is 1.46. The van der Waals surface area contributed by atoms with Gasteiger partial charge in [0.1, 0.15) is 11.5 Å². The maximum Gasteiger partial charge on any atom is 0.295 e. The molecule has 1 fully saturated rings. The average Bonchev–Trinajstić information content (AvgIpc) is 3.20. The molecule has 154 valence electrons. The summed E-state index contributed by atoms with van der Waals surface area (Å²) in [5.74, 6) is -1.06. The number of amides is 1. The predicted molar refractivity (Wildman–Crippen MR) is 112 cm³/mol. The molecule has 29 heavy (non-hydrogen) atoms. The van der Waals surface area contributed by atoms with E-state index in [4.69, 9.17) is 9.47 Å². The van der Waals surface area contributed by atoms with Crippen LogP contribution in [0.15, 0.2) is 29.2 Å². The minimum absolute atomic E-state index is 0.0833. The Labute approximate surface area is 174 Å². The zero-order chi connectivity index (χ0) is 21.3. The first-order chi connectivity index (χ1) is 13.8. The van der Waals surface area contributed by atoms with Crippen LogP contribution in [0.1, 0.15) is 33.2 Å². The van der Waals surface area contributed by atoms with Gasteiger partial charge in [-0.15, -0.1) is 11.3 Å². The number of Topliss-reactive ketones (excluding diaryl/α,β-unsaturated/α-hetero) is 1. The van der Waals surface area contributed by atoms with Crippen molar-refractivity contribution in [2.45, 2.75) is 26.8 Å². The van der Waals surface area contributed by atoms with Gasteiger partial charge >= 0.3 is 0 Å². The molecule has 1 aliphatic rings. The topological polar surface area (TPSA) is 76.1 Å². The fraction of sp³-hybridized carbons (Fsp3) is 0.364. The van der Waals surface area contributed by atoms with Crippen molar-refractivity contribution in [3.8, 4) is 5.75 Å². The Hall–Kier alpha value is -2.64. The van der Waals surface area contributed by atoms with Crippen molar-refractivity contribution in [3.63, 3.8) is 0 Å². The summed E-state index contributed by atoms with van der Waals surface area (Å²) in [7, 11) is 3.06. The van der Waals surface area contributed by atoms with E-state index in [1.165, 1.54) is 23.3 Å². The Balaban J connectivity index is 2.26. The third-order valence-electron chi connectivity index (χ3n) is 5.10. The van der Waals surface area contributed by atoms with E-state index in [0.29, 0.717) is 17.9 Å². The van der Waals surface area contributed by atoms with E-state index in [1.807, 2.05) is 38.3 Å². The van der Waals surface area contributed by atoms with Crippen molar-refractivity contribution in [2.75, 3.05) is 27.4 Å². The van der Waals surface area contributed by atoms with E-state index >= 15 is 0 Å². The van der Waals surface area contributed by atoms with Crippen LogP contribution in [0.2, 0.25) is 0 Å². The number of likely N-dealkylation sites (tertiary alicyclic amines) is 1. The number of aliphatic hydroxyl groups is 1. The van der Waals surface area contributed by atoms with Gasteiger partial charge < -0.3 is 19.5 Å². The number of aliphatic hydroxyl groups excluding tert-OH is 1. The fourth-order valence-electron chi connectivity index (χ4n) is 3.78. The number of benzene rings is 1. The van der Waals surface area contributed by atoms with Gasteiger partial charge in [0.2, 0.25) is 0 Å². The number of methoxy groups -OCH3 is 2. The second-order valence-corrected chi connectivity index (χ2v) is 8.06. The number of ketones is 1. The van der Waals surface area contributed by atoms with Crippen molar-refractivity contribution in [1.82, 2.24) is 4.90 Å². The molecule has 3 rings (SSSR count). The van der Waals surface area contributed by atoms with Crippen LogP contribution in [-0.2, 0) is 14.3 Å². The molecule has 1 amide bonds. The molecule has 7 heteroatoms. The molecule has 0 spiro atoms. The van der Waals surface area contributed by atoms with Crippen LogP contribution in [-0.4, -0.2) is 49.1 Å². The van der Waals surface area contributed by atoms with Crippen LogP contribution in [0.4, 0.5) is 0 Å². The molecule has 6 nitrogen and oxygen atoms in total. The number of nitrogens with zero attached hydrogens (tertiary/aromatic N) is 1. The lowest BCUT2D eigenvalue weighted by molar-refractivity contribution is -0.140. The van der Waals surface area contributed by atoms with Gasteiger partial charge in [0.15, 0.2) is 0 Å². The zero-order valence-electron chi connectivity index (χ0n) is 17.2. The van der Waals surface area contributed by atoms with Crippen LogP contribution < -0.4 is 4.74 Å². The summed E-state index contributed by atoms with van der Waals surface area (Å²) in [6, 6.07) is 4.99. The first-order valence-electron chi connectivity index (χ1n) is 9.28. The third-order valence-corrected chi connectivity index (χ3v) is 6.18. The molecular formula is C22H25NO5S. The molecule has 0 saturated carbocycles. The Bertz CT molecular complexity index is 991. The number of ether oxygens (including phenoxy) is 2. The van der Waals surface area contributed by atoms with Gasteiger partial charge in [-0.2, -0.15) is 0 Å². The summed E-state index contributed by atoms with van der Waals surface area (Å²) in [6.07, 6.45) is 0. The quantitative estimate of drug-likeness (QED) is 0.442. The number of hydrogen-bond donors (Lipinski definition) is 1. The lowest BCUT2D eigenvalue weighted by Gasteiger charge is -2.24. The van der Waals surface area contributed by atoms with Crippen LogP contribution in [0, 0.1) is 20.8 Å². The Morgan fingerprint density at radius 2 is 1.90 bits per heavy atom. The highest BCUT2D eigenvalue weighted by atomic mass is 32.1. The highest BCUT2D eigenvalue weighted by Gasteiger charge is 2.47. The van der Waals surface area contributed by atoms with Crippen LogP contribution in [0.5, 0.6) is 5.75 Å². The average molecular weight is 416 g/mol. The van der Waals surface area contributed by atoms with Crippen LogP contribution >= 0.6 is 11.3 Å². The largest absolute Gasteiger partial charge is 0.507 e. The van der Waals surface area contributed by atoms with E-state index < -0.39 is 17.7 Å². The van der Waals surface area contributed by atoms with Crippen molar-refractivity contribution in [1.29, 1.82) is 0 Å². The Morgan fingerprint density at radius 1 is 1.17 bits per heavy atom. The summed E-state index contributed by atoms with van der Waals surface area (Å²) < 4.78 is 10.6. The maximum absolute atomic E-state index is 13.0. The molecule has 1 aliphatic heterocycles. The van der Waals surface area contributed by atoms with Gasteiger partial charge in [-0.25, -0.2) is 0 Å². The number of thiophene rings is 1. The predicted octanol–water partition coefficient (Wildman–Crippen LogP) is 3.75. The molecule has 0 bridgehead atoms. The van der Waals surface area contributed by atoms with Gasteiger partial charge in [0.05, 0.1) is 30.9 Å². The first kappa shape index (κ1) is 21.1. The highest BCUT2D eigenvalue weighted by Crippen LogP contribution is 2.44. The van der Waals surface area contributed by atoms with E-state index in [9.17, 15) is 14.7 Å². The standard InChI is InChI=1S/C22H25NO5S/c1-12-10-14(3)20(28-5)15(11-12)18(24)16-17(21-13(2)6-9-29-21)23(7-8-27-4)22(26)19(16)25/h6,9-11,17,24H,7-8H2,1-5H3/b18-16+. The van der Waals surface area contributed by atoms with E-state index in [1.54, 1.807) is 13.2 Å². The smallest absolute Gasteiger partial charge is 0.295 e. The Morgan fingerprint density at radius 3 is 2.48 bits per heavy atom. The molecule has 1 aromatic carbocycles. The third kappa shape index (κ3) is 3.68. The minimum atomic E-state index is -0.697. The lowest BCUT2D eigenvalue weighted by atomic mass is 9.96. The number of rotatable bonds is 6. The lowest BCUT2D eigenvalue weighted by Crippen LogP contribution is -2.32. The second-order valence-electron chi connectivity index (χ2n) is 7.12. The molecule has 0 radical (unpaired) electrons. The first-order valence-corrected chi connectivity index (χ1v) is 10.2. The van der Waals surface area contributed by atoms with E-state index in [0.717, 1.165) is 21.6 Å². The molecule has 1 atom stereocenters. The SMILES string of the molecule is COCCN1C(=O)C(=O)/C(=C(/O)c2cc(C)cc(C)c2OC)C1c1sccc1C. The van der Waals surface area contributed by atoms with Crippen molar-refractivity contribution in [2.24, 2.45) is 0 Å². The number of aryl methyl sites for hydroxylation is 3. The fourth-order valence-corrected chi connectivity index (χ4v) is 4.83. The second kappa shape index (κ2) is 8.39. The number of carbonyl (C=O) groups is 2. The molecule has 2 heterocycles. The monoisotopic (exact) mass is 415 g/mol. The zero-order valence-corrected chi connectivity index (χ0v) is 18.1. The van der Waals surface area contributed by atoms with Crippen molar-refractivity contribution >= 4 is 28.8 Å². The van der Waals surface area contributed by atoms with Gasteiger partial charge in [0.25, 0.3) is 11.7 Å². The number of carbonyl (C=O) groups excluding carboxylic acids is 2. The van der Waals surface area contributed by atoms with Gasteiger partial charge in [-0.3, -0.25) is 9.59 Å². The summed E-state index contributed by atoms with van der Waals surface area (Å²) in [5.41, 5.74) is 3.21. The molecule has 1 aromatic heterocycles. The van der Waals surface area contributed by atoms with Gasteiger partial charge in [0, 0.05) is 18.5 Å². The summed E-state index contributed by atoms with van der Waals surface area (Å²) in [6.45, 7) is 6.26. The minimum Gasteiger partial charge on any atom is -0.507 e. The summed E-state index contributed by atoms with van der Waals surface area (Å²) in [5, 5.41) is 13.2. The van der Waals surface area contributed by atoms with Crippen LogP contribution in [0.25, 0.3) is 5.76 Å². The molecular weight excluding hydrogens is 390 g/mol. The molecule has 0 aliphatic carbocycles. The van der Waals surface area contributed by atoms with E-state index in [2.05, 4.69) is 0 Å². The molecule has 1 saturated heterocycles. The van der Waals surface area contributed by atoms with Crippen molar-refractivity contribution < 1.29 is 24.2 Å². The Kier molecular flexibility index (Phi) is 6.10. The molecule has 1 N–H and O–H groups in total. The normalized spacial score (nSPS) is 18.5. The maximum atomic E-state index is 13.0. The van der Waals surface area contributed by atoms with E-state index in [-0.39, 0.29) is 17.9 Å². The summed E-state index contributed by atoms with van der Waals surface area (Å²) in [4.78, 5) is 28.1. The number of hydrogen-bond acceptors (Lipinski definition) is 6.